The Labute approximate surface area is 165 Å². The minimum absolute atomic E-state index is 0.0953. The zero-order valence-electron chi connectivity index (χ0n) is 15.1. The Balaban J connectivity index is 1.76. The molecule has 3 amide bonds. The summed E-state index contributed by atoms with van der Waals surface area (Å²) in [6.45, 7) is 0. The summed E-state index contributed by atoms with van der Waals surface area (Å²) >= 11 is 0. The molecule has 2 aliphatic rings. The van der Waals surface area contributed by atoms with Gasteiger partial charge in [-0.05, 0) is 48.7 Å². The number of rotatable bonds is 3. The largest absolute Gasteiger partial charge is 0.351 e. The summed E-state index contributed by atoms with van der Waals surface area (Å²) in [5.41, 5.74) is 5.38. The summed E-state index contributed by atoms with van der Waals surface area (Å²) in [7, 11) is -4.34. The molecule has 2 aromatic carbocycles. The van der Waals surface area contributed by atoms with Crippen molar-refractivity contribution in [1.82, 2.24) is 0 Å². The summed E-state index contributed by atoms with van der Waals surface area (Å²) in [5.74, 6) is -2.53. The van der Waals surface area contributed by atoms with Gasteiger partial charge in [-0.2, -0.15) is 0 Å². The van der Waals surface area contributed by atoms with Gasteiger partial charge in [0.05, 0.1) is 11.1 Å². The van der Waals surface area contributed by atoms with Gasteiger partial charge in [-0.15, -0.1) is 0 Å². The van der Waals surface area contributed by atoms with E-state index in [0.29, 0.717) is 30.2 Å². The number of benzene rings is 2. The summed E-state index contributed by atoms with van der Waals surface area (Å²) in [5, 5.41) is 0. The molecular formula is C19H17F2N3O4S. The lowest BCUT2D eigenvalue weighted by molar-refractivity contribution is -0.122. The molecule has 0 radical (unpaired) electrons. The highest BCUT2D eigenvalue weighted by Crippen LogP contribution is 2.52. The number of nitrogens with one attached hydrogen (secondary N) is 1. The molecule has 10 heteroatoms. The molecule has 0 aromatic heterocycles. The lowest BCUT2D eigenvalue weighted by Gasteiger charge is -2.22. The van der Waals surface area contributed by atoms with Gasteiger partial charge in [0, 0.05) is 11.8 Å². The molecule has 0 unspecified atom stereocenters. The first-order chi connectivity index (χ1) is 13.7. The van der Waals surface area contributed by atoms with E-state index >= 15 is 0 Å². The number of hydrogen-bond donors (Lipinski definition) is 2. The van der Waals surface area contributed by atoms with E-state index in [1.807, 2.05) is 0 Å². The Morgan fingerprint density at radius 3 is 2.41 bits per heavy atom. The number of halogens is 2. The third-order valence-electron chi connectivity index (χ3n) is 5.48. The van der Waals surface area contributed by atoms with Crippen LogP contribution in [0.4, 0.5) is 25.0 Å². The van der Waals surface area contributed by atoms with Gasteiger partial charge in [-0.3, -0.25) is 9.52 Å². The molecule has 152 valence electrons. The Hall–Kier alpha value is -3.01. The van der Waals surface area contributed by atoms with E-state index in [2.05, 4.69) is 4.72 Å². The van der Waals surface area contributed by atoms with Crippen LogP contribution in [-0.4, -0.2) is 20.4 Å². The second-order valence-electron chi connectivity index (χ2n) is 7.18. The van der Waals surface area contributed by atoms with E-state index in [4.69, 9.17) is 5.73 Å². The smallest absolute Gasteiger partial charge is 0.326 e. The van der Waals surface area contributed by atoms with Gasteiger partial charge in [0.15, 0.2) is 0 Å². The first-order valence-electron chi connectivity index (χ1n) is 8.92. The Bertz CT molecular complexity index is 1140. The third kappa shape index (κ3) is 2.94. The Kier molecular flexibility index (Phi) is 4.34. The number of amides is 3. The highest BCUT2D eigenvalue weighted by Gasteiger charge is 2.53. The SMILES string of the molecule is NC(=O)N1C(=O)C2(CCCC2)c2cc(NS(=O)(=O)c3ccc(F)cc3F)ccc21. The first-order valence-corrected chi connectivity index (χ1v) is 10.4. The Morgan fingerprint density at radius 1 is 1.10 bits per heavy atom. The molecule has 1 heterocycles. The van der Waals surface area contributed by atoms with Crippen molar-refractivity contribution in [3.05, 3.63) is 53.6 Å². The summed E-state index contributed by atoms with van der Waals surface area (Å²) in [6.07, 6.45) is 2.61. The second kappa shape index (κ2) is 6.51. The second-order valence-corrected chi connectivity index (χ2v) is 8.83. The molecule has 1 spiro atoms. The number of primary amides is 1. The highest BCUT2D eigenvalue weighted by atomic mass is 32.2. The fourth-order valence-corrected chi connectivity index (χ4v) is 5.31. The number of urea groups is 1. The average Bonchev–Trinajstić information content (AvgIpc) is 3.20. The maximum Gasteiger partial charge on any atom is 0.326 e. The zero-order valence-corrected chi connectivity index (χ0v) is 15.9. The fraction of sp³-hybridized carbons (Fsp3) is 0.263. The maximum absolute atomic E-state index is 13.9. The van der Waals surface area contributed by atoms with E-state index < -0.39 is 43.9 Å². The topological polar surface area (TPSA) is 110 Å². The van der Waals surface area contributed by atoms with Gasteiger partial charge >= 0.3 is 6.03 Å². The predicted molar refractivity (Wildman–Crippen MR) is 101 cm³/mol. The van der Waals surface area contributed by atoms with Crippen LogP contribution >= 0.6 is 0 Å². The molecule has 1 saturated carbocycles. The monoisotopic (exact) mass is 421 g/mol. The molecule has 3 N–H and O–H groups in total. The van der Waals surface area contributed by atoms with E-state index in [1.165, 1.54) is 18.2 Å². The fourth-order valence-electron chi connectivity index (χ4n) is 4.20. The van der Waals surface area contributed by atoms with E-state index in [1.54, 1.807) is 0 Å². The maximum atomic E-state index is 13.9. The lowest BCUT2D eigenvalue weighted by atomic mass is 9.80. The molecule has 1 aliphatic carbocycles. The van der Waals surface area contributed by atoms with E-state index in [0.717, 1.165) is 29.9 Å². The van der Waals surface area contributed by atoms with Crippen molar-refractivity contribution in [1.29, 1.82) is 0 Å². The Morgan fingerprint density at radius 2 is 1.79 bits per heavy atom. The number of nitrogens with zero attached hydrogens (tertiary/aromatic N) is 1. The molecule has 0 bridgehead atoms. The van der Waals surface area contributed by atoms with Crippen molar-refractivity contribution in [2.45, 2.75) is 36.0 Å². The average molecular weight is 421 g/mol. The molecule has 1 fully saturated rings. The van der Waals surface area contributed by atoms with Gasteiger partial charge in [-0.1, -0.05) is 12.8 Å². The molecule has 1 aliphatic heterocycles. The van der Waals surface area contributed by atoms with Crippen molar-refractivity contribution >= 4 is 33.3 Å². The van der Waals surface area contributed by atoms with Crippen LogP contribution in [0.25, 0.3) is 0 Å². The number of carbonyl (C=O) groups is 2. The van der Waals surface area contributed by atoms with Gasteiger partial charge in [-0.25, -0.2) is 26.9 Å². The lowest BCUT2D eigenvalue weighted by Crippen LogP contribution is -2.44. The van der Waals surface area contributed by atoms with E-state index in [9.17, 15) is 26.8 Å². The van der Waals surface area contributed by atoms with Crippen molar-refractivity contribution in [3.8, 4) is 0 Å². The summed E-state index contributed by atoms with van der Waals surface area (Å²) in [4.78, 5) is 25.0. The summed E-state index contributed by atoms with van der Waals surface area (Å²) < 4.78 is 54.4. The number of hydrogen-bond acceptors (Lipinski definition) is 4. The molecule has 2 aromatic rings. The molecule has 0 atom stereocenters. The minimum Gasteiger partial charge on any atom is -0.351 e. The predicted octanol–water partition coefficient (Wildman–Crippen LogP) is 3.00. The van der Waals surface area contributed by atoms with Crippen molar-refractivity contribution < 1.29 is 26.8 Å². The molecule has 7 nitrogen and oxygen atoms in total. The zero-order chi connectivity index (χ0) is 21.0. The van der Waals surface area contributed by atoms with Crippen molar-refractivity contribution in [2.24, 2.45) is 5.73 Å². The standard InChI is InChI=1S/C19H17F2N3O4S/c20-11-3-6-16(14(21)9-11)29(27,28)23-12-4-5-15-13(10-12)19(7-1-2-8-19)17(25)24(15)18(22)26/h3-6,9-10,23H,1-2,7-8H2,(H2,22,26). The molecular weight excluding hydrogens is 404 g/mol. The van der Waals surface area contributed by atoms with Gasteiger partial charge in [0.25, 0.3) is 10.0 Å². The minimum atomic E-state index is -4.34. The third-order valence-corrected chi connectivity index (χ3v) is 6.89. The number of anilines is 2. The van der Waals surface area contributed by atoms with Crippen LogP contribution in [0.1, 0.15) is 31.2 Å². The van der Waals surface area contributed by atoms with Crippen LogP contribution < -0.4 is 15.4 Å². The number of imide groups is 1. The van der Waals surface area contributed by atoms with Crippen molar-refractivity contribution in [3.63, 3.8) is 0 Å². The van der Waals surface area contributed by atoms with Gasteiger partial charge in [0.2, 0.25) is 5.91 Å². The molecule has 0 saturated heterocycles. The van der Waals surface area contributed by atoms with Crippen LogP contribution in [-0.2, 0) is 20.2 Å². The van der Waals surface area contributed by atoms with Crippen LogP contribution in [0.5, 0.6) is 0 Å². The highest BCUT2D eigenvalue weighted by molar-refractivity contribution is 7.92. The number of sulfonamides is 1. The van der Waals surface area contributed by atoms with Crippen LogP contribution in [0.2, 0.25) is 0 Å². The molecule has 29 heavy (non-hydrogen) atoms. The number of fused-ring (bicyclic) bond motifs is 2. The van der Waals surface area contributed by atoms with Gasteiger partial charge < -0.3 is 5.73 Å². The number of carbonyl (C=O) groups excluding carboxylic acids is 2. The van der Waals surface area contributed by atoms with Crippen molar-refractivity contribution in [2.75, 3.05) is 9.62 Å². The molecule has 4 rings (SSSR count). The van der Waals surface area contributed by atoms with Crippen LogP contribution in [0.15, 0.2) is 41.3 Å². The summed E-state index contributed by atoms with van der Waals surface area (Å²) in [6, 6.07) is 5.52. The number of nitrogens with two attached hydrogens (primary N) is 1. The quantitative estimate of drug-likeness (QED) is 0.794. The van der Waals surface area contributed by atoms with Crippen LogP contribution in [0, 0.1) is 11.6 Å². The first kappa shape index (κ1) is 19.3. The van der Waals surface area contributed by atoms with Crippen LogP contribution in [0.3, 0.4) is 0 Å². The van der Waals surface area contributed by atoms with E-state index in [-0.39, 0.29) is 5.69 Å². The normalized spacial score (nSPS) is 17.6. The van der Waals surface area contributed by atoms with Gasteiger partial charge in [0.1, 0.15) is 16.5 Å².